The predicted octanol–water partition coefficient (Wildman–Crippen LogP) is 4.58. The van der Waals surface area contributed by atoms with E-state index in [1.807, 2.05) is 61.5 Å². The fourth-order valence-corrected chi connectivity index (χ4v) is 5.40. The third-order valence-electron chi connectivity index (χ3n) is 5.98. The molecule has 0 saturated carbocycles. The third kappa shape index (κ3) is 6.11. The average molecular weight is 485 g/mol. The standard InChI is InChI=1S/C28H28N4O2S/c1-21-16-22(19-29)9-10-23(21)8-5-12-30-14-15-32-35(33,34)28-18-25(24-6-3-2-4-7-24)17-26-20-31-13-11-27(26)28/h2-4,6-7,9-11,13,16-18,20,30,32H,5,8,12,14-15H2,1H3. The van der Waals surface area contributed by atoms with Crippen LogP contribution in [0.4, 0.5) is 0 Å². The highest BCUT2D eigenvalue weighted by molar-refractivity contribution is 7.89. The Morgan fingerprint density at radius 1 is 0.943 bits per heavy atom. The zero-order valence-corrected chi connectivity index (χ0v) is 20.5. The van der Waals surface area contributed by atoms with Gasteiger partial charge in [0, 0.05) is 36.3 Å². The van der Waals surface area contributed by atoms with E-state index >= 15 is 0 Å². The number of nitrogens with one attached hydrogen (secondary N) is 2. The van der Waals surface area contributed by atoms with Crippen LogP contribution in [0, 0.1) is 18.3 Å². The first kappa shape index (κ1) is 24.6. The van der Waals surface area contributed by atoms with Crippen molar-refractivity contribution in [3.8, 4) is 17.2 Å². The largest absolute Gasteiger partial charge is 0.315 e. The Morgan fingerprint density at radius 2 is 1.77 bits per heavy atom. The Hall–Kier alpha value is -3.57. The number of hydrogen-bond donors (Lipinski definition) is 2. The second-order valence-electron chi connectivity index (χ2n) is 8.44. The number of rotatable bonds is 10. The summed E-state index contributed by atoms with van der Waals surface area (Å²) in [6, 6.07) is 23.1. The normalized spacial score (nSPS) is 11.4. The molecular weight excluding hydrogens is 456 g/mol. The summed E-state index contributed by atoms with van der Waals surface area (Å²) in [6.07, 6.45) is 5.14. The number of aromatic nitrogens is 1. The van der Waals surface area contributed by atoms with Crippen LogP contribution in [-0.2, 0) is 16.4 Å². The second-order valence-corrected chi connectivity index (χ2v) is 10.2. The van der Waals surface area contributed by atoms with Crippen LogP contribution in [0.1, 0.15) is 23.1 Å². The van der Waals surface area contributed by atoms with Crippen LogP contribution in [-0.4, -0.2) is 33.0 Å². The van der Waals surface area contributed by atoms with Gasteiger partial charge in [-0.2, -0.15) is 5.26 Å². The SMILES string of the molecule is Cc1cc(C#N)ccc1CCCNCCNS(=O)(=O)c1cc(-c2ccccc2)cc2cnccc12. The van der Waals surface area contributed by atoms with Crippen molar-refractivity contribution in [3.05, 3.63) is 95.8 Å². The van der Waals surface area contributed by atoms with Gasteiger partial charge >= 0.3 is 0 Å². The molecule has 0 saturated heterocycles. The summed E-state index contributed by atoms with van der Waals surface area (Å²) in [7, 11) is -3.71. The number of fused-ring (bicyclic) bond motifs is 1. The summed E-state index contributed by atoms with van der Waals surface area (Å²) < 4.78 is 29.2. The Labute approximate surface area is 206 Å². The van der Waals surface area contributed by atoms with Gasteiger partial charge in [-0.05, 0) is 78.9 Å². The highest BCUT2D eigenvalue weighted by Crippen LogP contribution is 2.30. The Balaban J connectivity index is 1.35. The number of pyridine rings is 1. The molecule has 4 aromatic rings. The molecule has 6 nitrogen and oxygen atoms in total. The van der Waals surface area contributed by atoms with Crippen LogP contribution in [0.5, 0.6) is 0 Å². The number of benzene rings is 3. The molecule has 2 N–H and O–H groups in total. The van der Waals surface area contributed by atoms with Crippen molar-refractivity contribution in [1.29, 1.82) is 5.26 Å². The molecule has 0 unspecified atom stereocenters. The van der Waals surface area contributed by atoms with Gasteiger partial charge in [0.2, 0.25) is 10.0 Å². The van der Waals surface area contributed by atoms with Crippen LogP contribution in [0.2, 0.25) is 0 Å². The van der Waals surface area contributed by atoms with Crippen molar-refractivity contribution in [1.82, 2.24) is 15.0 Å². The summed E-state index contributed by atoms with van der Waals surface area (Å²) in [5, 5.41) is 13.7. The Morgan fingerprint density at radius 3 is 2.54 bits per heavy atom. The minimum Gasteiger partial charge on any atom is -0.315 e. The van der Waals surface area contributed by atoms with Gasteiger partial charge < -0.3 is 5.32 Å². The van der Waals surface area contributed by atoms with Crippen LogP contribution < -0.4 is 10.0 Å². The van der Waals surface area contributed by atoms with Gasteiger partial charge in [0.15, 0.2) is 0 Å². The van der Waals surface area contributed by atoms with Crippen molar-refractivity contribution in [2.45, 2.75) is 24.7 Å². The van der Waals surface area contributed by atoms with E-state index in [4.69, 9.17) is 5.26 Å². The number of nitrogens with zero attached hydrogens (tertiary/aromatic N) is 2. The number of nitriles is 1. The lowest BCUT2D eigenvalue weighted by Gasteiger charge is -2.13. The maximum absolute atomic E-state index is 13.2. The lowest BCUT2D eigenvalue weighted by atomic mass is 10.0. The van der Waals surface area contributed by atoms with Gasteiger partial charge in [-0.15, -0.1) is 0 Å². The van der Waals surface area contributed by atoms with Gasteiger partial charge in [0.05, 0.1) is 16.5 Å². The molecule has 0 spiro atoms. The van der Waals surface area contributed by atoms with E-state index in [0.29, 0.717) is 24.0 Å². The van der Waals surface area contributed by atoms with Crippen molar-refractivity contribution < 1.29 is 8.42 Å². The lowest BCUT2D eigenvalue weighted by molar-refractivity contribution is 0.575. The molecule has 0 amide bonds. The summed E-state index contributed by atoms with van der Waals surface area (Å²) in [5.74, 6) is 0. The van der Waals surface area contributed by atoms with Crippen molar-refractivity contribution in [2.24, 2.45) is 0 Å². The average Bonchev–Trinajstić information content (AvgIpc) is 2.88. The maximum atomic E-state index is 13.2. The molecule has 0 fully saturated rings. The van der Waals surface area contributed by atoms with E-state index in [1.54, 1.807) is 24.5 Å². The van der Waals surface area contributed by atoms with E-state index in [0.717, 1.165) is 41.5 Å². The first-order chi connectivity index (χ1) is 17.0. The number of sulfonamides is 1. The van der Waals surface area contributed by atoms with Gasteiger partial charge in [-0.1, -0.05) is 36.4 Å². The summed E-state index contributed by atoms with van der Waals surface area (Å²) in [5.41, 5.74) is 4.81. The van der Waals surface area contributed by atoms with E-state index in [2.05, 4.69) is 21.1 Å². The molecular formula is C28H28N4O2S. The van der Waals surface area contributed by atoms with Crippen LogP contribution >= 0.6 is 0 Å². The molecule has 178 valence electrons. The zero-order valence-electron chi connectivity index (χ0n) is 19.7. The molecule has 0 atom stereocenters. The topological polar surface area (TPSA) is 94.9 Å². The highest BCUT2D eigenvalue weighted by Gasteiger charge is 2.18. The van der Waals surface area contributed by atoms with E-state index in [9.17, 15) is 8.42 Å². The molecule has 3 aromatic carbocycles. The van der Waals surface area contributed by atoms with Crippen molar-refractivity contribution in [2.75, 3.05) is 19.6 Å². The zero-order chi connectivity index (χ0) is 24.7. The fraction of sp³-hybridized carbons (Fsp3) is 0.214. The molecule has 1 heterocycles. The first-order valence-corrected chi connectivity index (χ1v) is 13.1. The Bertz CT molecular complexity index is 1460. The van der Waals surface area contributed by atoms with Gasteiger partial charge in [0.25, 0.3) is 0 Å². The molecule has 4 rings (SSSR count). The smallest absolute Gasteiger partial charge is 0.241 e. The third-order valence-corrected chi connectivity index (χ3v) is 7.48. The summed E-state index contributed by atoms with van der Waals surface area (Å²) in [6.45, 7) is 3.62. The minimum absolute atomic E-state index is 0.257. The van der Waals surface area contributed by atoms with E-state index in [-0.39, 0.29) is 4.90 Å². The van der Waals surface area contributed by atoms with E-state index in [1.165, 1.54) is 5.56 Å². The molecule has 0 aliphatic heterocycles. The fourth-order valence-electron chi connectivity index (χ4n) is 4.12. The molecule has 1 aromatic heterocycles. The van der Waals surface area contributed by atoms with Crippen LogP contribution in [0.3, 0.4) is 0 Å². The van der Waals surface area contributed by atoms with Crippen molar-refractivity contribution >= 4 is 20.8 Å². The minimum atomic E-state index is -3.71. The first-order valence-electron chi connectivity index (χ1n) is 11.6. The second kappa shape index (κ2) is 11.2. The molecule has 0 bridgehead atoms. The van der Waals surface area contributed by atoms with Crippen LogP contribution in [0.15, 0.2) is 84.0 Å². The lowest BCUT2D eigenvalue weighted by Crippen LogP contribution is -2.32. The monoisotopic (exact) mass is 484 g/mol. The van der Waals surface area contributed by atoms with Gasteiger partial charge in [-0.3, -0.25) is 4.98 Å². The number of hydrogen-bond acceptors (Lipinski definition) is 5. The molecule has 0 aliphatic carbocycles. The van der Waals surface area contributed by atoms with Gasteiger partial charge in [0.1, 0.15) is 0 Å². The molecule has 35 heavy (non-hydrogen) atoms. The molecule has 0 aliphatic rings. The van der Waals surface area contributed by atoms with E-state index < -0.39 is 10.0 Å². The highest BCUT2D eigenvalue weighted by atomic mass is 32.2. The quantitative estimate of drug-likeness (QED) is 0.321. The Kier molecular flexibility index (Phi) is 7.88. The van der Waals surface area contributed by atoms with Crippen LogP contribution in [0.25, 0.3) is 21.9 Å². The summed E-state index contributed by atoms with van der Waals surface area (Å²) >= 11 is 0. The summed E-state index contributed by atoms with van der Waals surface area (Å²) in [4.78, 5) is 4.43. The predicted molar refractivity (Wildman–Crippen MR) is 139 cm³/mol. The number of aryl methyl sites for hydroxylation is 2. The molecule has 0 radical (unpaired) electrons. The van der Waals surface area contributed by atoms with Gasteiger partial charge in [-0.25, -0.2) is 13.1 Å². The molecule has 7 heteroatoms. The maximum Gasteiger partial charge on any atom is 0.241 e. The van der Waals surface area contributed by atoms with Crippen molar-refractivity contribution in [3.63, 3.8) is 0 Å².